The van der Waals surface area contributed by atoms with Crippen LogP contribution in [0.25, 0.3) is 6.08 Å². The first-order chi connectivity index (χ1) is 10.5. The van der Waals surface area contributed by atoms with Gasteiger partial charge in [0.2, 0.25) is 0 Å². The van der Waals surface area contributed by atoms with Crippen LogP contribution in [-0.2, 0) is 14.3 Å². The van der Waals surface area contributed by atoms with E-state index < -0.39 is 24.3 Å². The summed E-state index contributed by atoms with van der Waals surface area (Å²) in [7, 11) is 0. The molecule has 2 aromatic rings. The molecule has 1 aromatic heterocycles. The highest BCUT2D eigenvalue weighted by Crippen LogP contribution is 2.19. The second-order valence-corrected chi connectivity index (χ2v) is 5.04. The molecular formula is C15H11BrFNO4. The Morgan fingerprint density at radius 3 is 2.86 bits per heavy atom. The summed E-state index contributed by atoms with van der Waals surface area (Å²) < 4.78 is 23.8. The van der Waals surface area contributed by atoms with E-state index in [-0.39, 0.29) is 5.69 Å². The predicted octanol–water partition coefficient (Wildman–Crippen LogP) is 3.38. The molecule has 22 heavy (non-hydrogen) atoms. The summed E-state index contributed by atoms with van der Waals surface area (Å²) >= 11 is 3.11. The maximum atomic E-state index is 13.5. The van der Waals surface area contributed by atoms with Crippen molar-refractivity contribution in [3.05, 3.63) is 58.7 Å². The van der Waals surface area contributed by atoms with E-state index in [1.807, 2.05) is 0 Å². The van der Waals surface area contributed by atoms with Gasteiger partial charge in [-0.15, -0.1) is 0 Å². The molecule has 114 valence electrons. The number of hydrogen-bond acceptors (Lipinski definition) is 4. The summed E-state index contributed by atoms with van der Waals surface area (Å²) in [5, 5.41) is 2.31. The Hall–Kier alpha value is -2.41. The number of ether oxygens (including phenoxy) is 1. The van der Waals surface area contributed by atoms with Gasteiger partial charge in [0.1, 0.15) is 11.6 Å². The number of hydrogen-bond donors (Lipinski definition) is 1. The first kappa shape index (κ1) is 16.0. The lowest BCUT2D eigenvalue weighted by molar-refractivity contribution is -0.142. The van der Waals surface area contributed by atoms with Crippen LogP contribution < -0.4 is 5.32 Å². The smallest absolute Gasteiger partial charge is 0.331 e. The van der Waals surface area contributed by atoms with Crippen molar-refractivity contribution in [3.8, 4) is 0 Å². The van der Waals surface area contributed by atoms with Crippen molar-refractivity contribution in [3.63, 3.8) is 0 Å². The number of carbonyl (C=O) groups is 2. The Kier molecular flexibility index (Phi) is 5.48. The van der Waals surface area contributed by atoms with Crippen molar-refractivity contribution in [2.75, 3.05) is 11.9 Å². The van der Waals surface area contributed by atoms with Crippen LogP contribution in [0.5, 0.6) is 0 Å². The van der Waals surface area contributed by atoms with Crippen LogP contribution in [-0.4, -0.2) is 18.5 Å². The number of halogens is 2. The Morgan fingerprint density at radius 2 is 2.18 bits per heavy atom. The highest BCUT2D eigenvalue weighted by Gasteiger charge is 2.09. The molecule has 0 aliphatic rings. The van der Waals surface area contributed by atoms with Crippen LogP contribution >= 0.6 is 15.9 Å². The van der Waals surface area contributed by atoms with Crippen molar-refractivity contribution in [2.45, 2.75) is 0 Å². The lowest BCUT2D eigenvalue weighted by Crippen LogP contribution is -2.20. The van der Waals surface area contributed by atoms with Gasteiger partial charge in [-0.1, -0.05) is 15.9 Å². The lowest BCUT2D eigenvalue weighted by atomic mass is 10.3. The normalized spacial score (nSPS) is 10.6. The van der Waals surface area contributed by atoms with Gasteiger partial charge in [-0.05, 0) is 36.4 Å². The Bertz CT molecular complexity index is 698. The number of furan rings is 1. The number of carbonyl (C=O) groups excluding carboxylic acids is 2. The fourth-order valence-electron chi connectivity index (χ4n) is 1.50. The third kappa shape index (κ3) is 4.85. The number of amides is 1. The summed E-state index contributed by atoms with van der Waals surface area (Å²) in [4.78, 5) is 23.0. The molecule has 1 heterocycles. The van der Waals surface area contributed by atoms with Gasteiger partial charge in [-0.2, -0.15) is 0 Å². The number of esters is 1. The summed E-state index contributed by atoms with van der Waals surface area (Å²) in [6, 6.07) is 7.53. The average molecular weight is 368 g/mol. The van der Waals surface area contributed by atoms with E-state index in [0.29, 0.717) is 10.2 Å². The van der Waals surface area contributed by atoms with Crippen molar-refractivity contribution >= 4 is 39.6 Å². The first-order valence-electron chi connectivity index (χ1n) is 6.18. The third-order valence-electron chi connectivity index (χ3n) is 2.48. The van der Waals surface area contributed by atoms with Gasteiger partial charge >= 0.3 is 5.97 Å². The molecule has 1 N–H and O–H groups in total. The largest absolute Gasteiger partial charge is 0.465 e. The van der Waals surface area contributed by atoms with Gasteiger partial charge in [-0.3, -0.25) is 4.79 Å². The van der Waals surface area contributed by atoms with Crippen molar-refractivity contribution in [2.24, 2.45) is 0 Å². The molecule has 5 nitrogen and oxygen atoms in total. The first-order valence-corrected chi connectivity index (χ1v) is 6.97. The van der Waals surface area contributed by atoms with Crippen LogP contribution in [0.3, 0.4) is 0 Å². The van der Waals surface area contributed by atoms with E-state index >= 15 is 0 Å². The van der Waals surface area contributed by atoms with E-state index in [0.717, 1.165) is 6.08 Å². The highest BCUT2D eigenvalue weighted by molar-refractivity contribution is 9.10. The molecule has 0 saturated heterocycles. The molecule has 0 aliphatic carbocycles. The standard InChI is InChI=1S/C15H11BrFNO4/c16-10-3-5-13(12(17)8-10)18-14(19)9-22-15(20)6-4-11-2-1-7-21-11/h1-8H,9H2,(H,18,19)/b6-4+. The minimum Gasteiger partial charge on any atom is -0.465 e. The van der Waals surface area contributed by atoms with Gasteiger partial charge in [-0.25, -0.2) is 9.18 Å². The summed E-state index contributed by atoms with van der Waals surface area (Å²) in [5.74, 6) is -1.45. The number of benzene rings is 1. The Morgan fingerprint density at radius 1 is 1.36 bits per heavy atom. The number of rotatable bonds is 5. The average Bonchev–Trinajstić information content (AvgIpc) is 2.99. The maximum absolute atomic E-state index is 13.5. The minimum absolute atomic E-state index is 0.00961. The fraction of sp³-hybridized carbons (Fsp3) is 0.0667. The van der Waals surface area contributed by atoms with Gasteiger partial charge in [0.25, 0.3) is 5.91 Å². The maximum Gasteiger partial charge on any atom is 0.331 e. The monoisotopic (exact) mass is 367 g/mol. The zero-order valence-electron chi connectivity index (χ0n) is 11.2. The van der Waals surface area contributed by atoms with Crippen LogP contribution in [0.1, 0.15) is 5.76 Å². The van der Waals surface area contributed by atoms with Gasteiger partial charge in [0, 0.05) is 10.5 Å². The summed E-state index contributed by atoms with van der Waals surface area (Å²) in [6.07, 6.45) is 4.01. The topological polar surface area (TPSA) is 68.5 Å². The molecule has 0 unspecified atom stereocenters. The molecular weight excluding hydrogens is 357 g/mol. The third-order valence-corrected chi connectivity index (χ3v) is 2.97. The van der Waals surface area contributed by atoms with E-state index in [1.165, 1.54) is 24.5 Å². The summed E-state index contributed by atoms with van der Waals surface area (Å²) in [5.41, 5.74) is 0.00961. The second-order valence-electron chi connectivity index (χ2n) is 4.13. The Labute approximate surface area is 133 Å². The quantitative estimate of drug-likeness (QED) is 0.649. The van der Waals surface area contributed by atoms with Crippen molar-refractivity contribution in [1.82, 2.24) is 0 Å². The van der Waals surface area contributed by atoms with Crippen molar-refractivity contribution in [1.29, 1.82) is 0 Å². The molecule has 2 rings (SSSR count). The fourth-order valence-corrected chi connectivity index (χ4v) is 1.83. The molecule has 0 radical (unpaired) electrons. The Balaban J connectivity index is 1.81. The molecule has 0 fully saturated rings. The minimum atomic E-state index is -0.706. The van der Waals surface area contributed by atoms with E-state index in [9.17, 15) is 14.0 Å². The molecule has 0 spiro atoms. The van der Waals surface area contributed by atoms with E-state index in [4.69, 9.17) is 9.15 Å². The van der Waals surface area contributed by atoms with E-state index in [2.05, 4.69) is 21.2 Å². The summed E-state index contributed by atoms with van der Waals surface area (Å²) in [6.45, 7) is -0.517. The molecule has 7 heteroatoms. The van der Waals surface area contributed by atoms with Crippen molar-refractivity contribution < 1.29 is 23.1 Å². The SMILES string of the molecule is O=C(COC(=O)/C=C/c1ccco1)Nc1ccc(Br)cc1F. The molecule has 0 atom stereocenters. The number of nitrogens with one attached hydrogen (secondary N) is 1. The molecule has 1 aromatic carbocycles. The van der Waals surface area contributed by atoms with Gasteiger partial charge in [0.15, 0.2) is 6.61 Å². The molecule has 0 bridgehead atoms. The van der Waals surface area contributed by atoms with Crippen LogP contribution in [0.15, 0.2) is 51.6 Å². The molecule has 0 aliphatic heterocycles. The van der Waals surface area contributed by atoms with Gasteiger partial charge < -0.3 is 14.5 Å². The second kappa shape index (κ2) is 7.56. The predicted molar refractivity (Wildman–Crippen MR) is 81.4 cm³/mol. The zero-order valence-corrected chi connectivity index (χ0v) is 12.8. The molecule has 1 amide bonds. The van der Waals surface area contributed by atoms with Crippen LogP contribution in [0.4, 0.5) is 10.1 Å². The van der Waals surface area contributed by atoms with E-state index in [1.54, 1.807) is 18.2 Å². The van der Waals surface area contributed by atoms with Gasteiger partial charge in [0.05, 0.1) is 12.0 Å². The highest BCUT2D eigenvalue weighted by atomic mass is 79.9. The zero-order chi connectivity index (χ0) is 15.9. The van der Waals surface area contributed by atoms with Crippen LogP contribution in [0, 0.1) is 5.82 Å². The lowest BCUT2D eigenvalue weighted by Gasteiger charge is -2.06. The molecule has 0 saturated carbocycles. The van der Waals surface area contributed by atoms with Crippen LogP contribution in [0.2, 0.25) is 0 Å². The number of anilines is 1.